The Morgan fingerprint density at radius 2 is 0.633 bits per heavy atom. The molecule has 0 N–H and O–H groups in total. The lowest BCUT2D eigenvalue weighted by atomic mass is 10.0. The maximum absolute atomic E-state index is 12.7. The summed E-state index contributed by atoms with van der Waals surface area (Å²) in [6, 6.07) is 0. The highest BCUT2D eigenvalue weighted by atomic mass is 16.6. The Morgan fingerprint density at radius 1 is 0.333 bits per heavy atom. The molecule has 0 spiro atoms. The average molecular weight is 845 g/mol. The smallest absolute Gasteiger partial charge is 0.306 e. The topological polar surface area (TPSA) is 78.9 Å². The van der Waals surface area contributed by atoms with Crippen molar-refractivity contribution in [3.8, 4) is 0 Å². The van der Waals surface area contributed by atoms with Gasteiger partial charge in [0.2, 0.25) is 0 Å². The van der Waals surface area contributed by atoms with Gasteiger partial charge in [-0.15, -0.1) is 0 Å². The van der Waals surface area contributed by atoms with Crippen LogP contribution in [0.3, 0.4) is 0 Å². The van der Waals surface area contributed by atoms with E-state index < -0.39 is 6.10 Å². The van der Waals surface area contributed by atoms with Crippen molar-refractivity contribution < 1.29 is 28.6 Å². The summed E-state index contributed by atoms with van der Waals surface area (Å²) in [6.07, 6.45) is 56.0. The van der Waals surface area contributed by atoms with Crippen molar-refractivity contribution in [1.29, 1.82) is 0 Å². The number of carbonyl (C=O) groups excluding carboxylic acids is 3. The Kier molecular flexibility index (Phi) is 47.8. The summed E-state index contributed by atoms with van der Waals surface area (Å²) in [5, 5.41) is 0. The lowest BCUT2D eigenvalue weighted by molar-refractivity contribution is -0.166. The minimum Gasteiger partial charge on any atom is -0.462 e. The largest absolute Gasteiger partial charge is 0.462 e. The highest BCUT2D eigenvalue weighted by molar-refractivity contribution is 5.71. The van der Waals surface area contributed by atoms with E-state index in [-0.39, 0.29) is 37.5 Å². The Labute approximate surface area is 373 Å². The van der Waals surface area contributed by atoms with Crippen molar-refractivity contribution in [3.05, 3.63) is 24.3 Å². The average Bonchev–Trinajstić information content (AvgIpc) is 3.24. The fourth-order valence-electron chi connectivity index (χ4n) is 7.73. The molecule has 1 atom stereocenters. The molecule has 0 amide bonds. The maximum Gasteiger partial charge on any atom is 0.306 e. The van der Waals surface area contributed by atoms with Crippen molar-refractivity contribution in [3.63, 3.8) is 0 Å². The van der Waals surface area contributed by atoms with Gasteiger partial charge < -0.3 is 14.2 Å². The van der Waals surface area contributed by atoms with Crippen LogP contribution in [0.25, 0.3) is 0 Å². The number of allylic oxidation sites excluding steroid dienone is 4. The number of unbranched alkanes of at least 4 members (excludes halogenated alkanes) is 33. The fourth-order valence-corrected chi connectivity index (χ4v) is 7.73. The molecule has 0 saturated heterocycles. The Bertz CT molecular complexity index is 973. The standard InChI is InChI=1S/C54H100O6/c1-4-7-10-13-16-19-22-25-26-27-28-30-32-35-38-41-44-47-53(56)59-50-51(49-58-52(55)46-43-40-37-34-31-24-21-18-15-12-9-6-3)60-54(57)48-45-42-39-36-33-29-23-20-17-14-11-8-5-2/h29,33,39,42,51H,4-28,30-32,34-38,40-41,43-50H2,1-3H3/b33-29-,42-39-. The lowest BCUT2D eigenvalue weighted by Crippen LogP contribution is -2.30. The van der Waals surface area contributed by atoms with Crippen molar-refractivity contribution in [2.24, 2.45) is 0 Å². The summed E-state index contributed by atoms with van der Waals surface area (Å²) >= 11 is 0. The minimum absolute atomic E-state index is 0.0886. The van der Waals surface area contributed by atoms with Crippen LogP contribution < -0.4 is 0 Å². The van der Waals surface area contributed by atoms with E-state index in [2.05, 4.69) is 39.0 Å². The zero-order valence-corrected chi connectivity index (χ0v) is 40.2. The van der Waals surface area contributed by atoms with Crippen LogP contribution >= 0.6 is 0 Å². The summed E-state index contributed by atoms with van der Waals surface area (Å²) in [4.78, 5) is 37.9. The molecule has 0 bridgehead atoms. The second-order valence-corrected chi connectivity index (χ2v) is 17.8. The normalized spacial score (nSPS) is 12.1. The summed E-state index contributed by atoms with van der Waals surface area (Å²) in [6.45, 7) is 6.61. The third-order valence-corrected chi connectivity index (χ3v) is 11.7. The molecule has 1 unspecified atom stereocenters. The van der Waals surface area contributed by atoms with E-state index in [9.17, 15) is 14.4 Å². The number of hydrogen-bond acceptors (Lipinski definition) is 6. The van der Waals surface area contributed by atoms with Crippen LogP contribution in [0.15, 0.2) is 24.3 Å². The van der Waals surface area contributed by atoms with Gasteiger partial charge in [0.25, 0.3) is 0 Å². The summed E-state index contributed by atoms with van der Waals surface area (Å²) in [5.74, 6) is -0.942. The molecule has 0 aliphatic carbocycles. The van der Waals surface area contributed by atoms with Gasteiger partial charge in [-0.1, -0.05) is 251 Å². The van der Waals surface area contributed by atoms with E-state index in [0.29, 0.717) is 19.3 Å². The van der Waals surface area contributed by atoms with Crippen LogP contribution in [-0.2, 0) is 28.6 Å². The Balaban J connectivity index is 4.36. The first-order valence-corrected chi connectivity index (χ1v) is 26.3. The SMILES string of the molecule is CCCCCCCC/C=C\C/C=C\CCC(=O)OC(COC(=O)CCCCCCCCCCCCCC)COC(=O)CCCCCCCCCCCCCCCCCCC. The molecule has 0 aromatic carbocycles. The molecule has 6 heteroatoms. The summed E-state index contributed by atoms with van der Waals surface area (Å²) in [7, 11) is 0. The molecule has 0 aliphatic heterocycles. The first-order valence-electron chi connectivity index (χ1n) is 26.3. The van der Waals surface area contributed by atoms with E-state index in [1.165, 1.54) is 186 Å². The lowest BCUT2D eigenvalue weighted by Gasteiger charge is -2.18. The van der Waals surface area contributed by atoms with Gasteiger partial charge in [-0.25, -0.2) is 0 Å². The molecule has 0 rings (SSSR count). The molecule has 0 aliphatic rings. The van der Waals surface area contributed by atoms with Crippen molar-refractivity contribution >= 4 is 17.9 Å². The van der Waals surface area contributed by atoms with Crippen molar-refractivity contribution in [2.75, 3.05) is 13.2 Å². The predicted octanol–water partition coefficient (Wildman–Crippen LogP) is 17.2. The Hall–Kier alpha value is -2.11. The van der Waals surface area contributed by atoms with Gasteiger partial charge in [-0.05, 0) is 38.5 Å². The second-order valence-electron chi connectivity index (χ2n) is 17.8. The molecule has 0 aromatic rings. The molecule has 60 heavy (non-hydrogen) atoms. The quantitative estimate of drug-likeness (QED) is 0.0263. The summed E-state index contributed by atoms with van der Waals surface area (Å²) in [5.41, 5.74) is 0. The van der Waals surface area contributed by atoms with Gasteiger partial charge in [-0.3, -0.25) is 14.4 Å². The van der Waals surface area contributed by atoms with Gasteiger partial charge in [-0.2, -0.15) is 0 Å². The predicted molar refractivity (Wildman–Crippen MR) is 256 cm³/mol. The van der Waals surface area contributed by atoms with Gasteiger partial charge >= 0.3 is 17.9 Å². The third kappa shape index (κ3) is 46.9. The molecular formula is C54H100O6. The van der Waals surface area contributed by atoms with Gasteiger partial charge in [0, 0.05) is 19.3 Å². The number of rotatable bonds is 48. The molecule has 0 aromatic heterocycles. The van der Waals surface area contributed by atoms with E-state index in [4.69, 9.17) is 14.2 Å². The molecule has 0 fully saturated rings. The molecular weight excluding hydrogens is 745 g/mol. The van der Waals surface area contributed by atoms with Crippen molar-refractivity contribution in [1.82, 2.24) is 0 Å². The molecule has 0 radical (unpaired) electrons. The highest BCUT2D eigenvalue weighted by Gasteiger charge is 2.19. The van der Waals surface area contributed by atoms with Crippen LogP contribution in [0.1, 0.15) is 284 Å². The van der Waals surface area contributed by atoms with Crippen LogP contribution in [0.5, 0.6) is 0 Å². The monoisotopic (exact) mass is 845 g/mol. The van der Waals surface area contributed by atoms with E-state index in [1.807, 2.05) is 6.08 Å². The summed E-state index contributed by atoms with van der Waals surface area (Å²) < 4.78 is 16.7. The maximum atomic E-state index is 12.7. The molecule has 0 heterocycles. The zero-order valence-electron chi connectivity index (χ0n) is 40.2. The van der Waals surface area contributed by atoms with Crippen LogP contribution in [0, 0.1) is 0 Å². The number of hydrogen-bond donors (Lipinski definition) is 0. The second kappa shape index (κ2) is 49.5. The van der Waals surface area contributed by atoms with Crippen LogP contribution in [0.2, 0.25) is 0 Å². The van der Waals surface area contributed by atoms with E-state index >= 15 is 0 Å². The van der Waals surface area contributed by atoms with Crippen LogP contribution in [0.4, 0.5) is 0 Å². The number of ether oxygens (including phenoxy) is 3. The zero-order chi connectivity index (χ0) is 43.7. The fraction of sp³-hybridized carbons (Fsp3) is 0.870. The third-order valence-electron chi connectivity index (χ3n) is 11.7. The minimum atomic E-state index is -0.795. The van der Waals surface area contributed by atoms with E-state index in [0.717, 1.165) is 51.4 Å². The first kappa shape index (κ1) is 57.9. The molecule has 0 saturated carbocycles. The molecule has 6 nitrogen and oxygen atoms in total. The first-order chi connectivity index (χ1) is 29.5. The number of carbonyl (C=O) groups is 3. The molecule has 352 valence electrons. The van der Waals surface area contributed by atoms with E-state index in [1.54, 1.807) is 0 Å². The Morgan fingerprint density at radius 3 is 0.983 bits per heavy atom. The van der Waals surface area contributed by atoms with Crippen LogP contribution in [-0.4, -0.2) is 37.2 Å². The number of esters is 3. The van der Waals surface area contributed by atoms with Gasteiger partial charge in [0.15, 0.2) is 6.10 Å². The van der Waals surface area contributed by atoms with Crippen molar-refractivity contribution in [2.45, 2.75) is 290 Å². The highest BCUT2D eigenvalue weighted by Crippen LogP contribution is 2.16. The van der Waals surface area contributed by atoms with Gasteiger partial charge in [0.05, 0.1) is 0 Å². The van der Waals surface area contributed by atoms with Gasteiger partial charge in [0.1, 0.15) is 13.2 Å².